The van der Waals surface area contributed by atoms with Gasteiger partial charge in [0.2, 0.25) is 18.2 Å². The fraction of sp³-hybridized carbons (Fsp3) is 0.0476. The van der Waals surface area contributed by atoms with Gasteiger partial charge >= 0.3 is 0 Å². The standard InChI is InChI=1S/C21H13N5O2/c1-13-9-19(28-15-6-4-5-14(10-15)21-25-23-12-27-21)26-18-8-3-2-7-17(18)24-20(26)16(13)11-22/h2-10,12H,1H3. The predicted octanol–water partition coefficient (Wildman–Crippen LogP) is 4.51. The molecule has 0 saturated carbocycles. The van der Waals surface area contributed by atoms with Crippen LogP contribution in [0.25, 0.3) is 28.1 Å². The average Bonchev–Trinajstić information content (AvgIpc) is 3.36. The van der Waals surface area contributed by atoms with Gasteiger partial charge in [-0.25, -0.2) is 4.98 Å². The third-order valence-corrected chi connectivity index (χ3v) is 4.51. The van der Waals surface area contributed by atoms with Crippen LogP contribution in [-0.4, -0.2) is 19.6 Å². The molecule has 2 aromatic carbocycles. The molecule has 0 unspecified atom stereocenters. The molecular weight excluding hydrogens is 354 g/mol. The van der Waals surface area contributed by atoms with Crippen LogP contribution in [0.2, 0.25) is 0 Å². The zero-order valence-corrected chi connectivity index (χ0v) is 14.8. The fourth-order valence-corrected chi connectivity index (χ4v) is 3.24. The molecule has 0 fully saturated rings. The molecule has 134 valence electrons. The van der Waals surface area contributed by atoms with E-state index in [1.807, 2.05) is 65.9 Å². The van der Waals surface area contributed by atoms with E-state index in [4.69, 9.17) is 9.15 Å². The molecule has 0 bridgehead atoms. The van der Waals surface area contributed by atoms with Gasteiger partial charge in [-0.1, -0.05) is 18.2 Å². The number of hydrogen-bond acceptors (Lipinski definition) is 6. The van der Waals surface area contributed by atoms with E-state index in [1.54, 1.807) is 0 Å². The van der Waals surface area contributed by atoms with Gasteiger partial charge in [0.25, 0.3) is 0 Å². The molecule has 0 atom stereocenters. The highest BCUT2D eigenvalue weighted by atomic mass is 16.5. The molecule has 0 spiro atoms. The third kappa shape index (κ3) is 2.47. The van der Waals surface area contributed by atoms with Crippen molar-refractivity contribution in [3.8, 4) is 29.2 Å². The first-order valence-corrected chi connectivity index (χ1v) is 8.60. The van der Waals surface area contributed by atoms with E-state index in [-0.39, 0.29) is 0 Å². The van der Waals surface area contributed by atoms with Gasteiger partial charge in [0.15, 0.2) is 5.65 Å². The minimum atomic E-state index is 0.416. The second-order valence-electron chi connectivity index (χ2n) is 6.29. The molecule has 5 aromatic rings. The summed E-state index contributed by atoms with van der Waals surface area (Å²) in [5.41, 5.74) is 4.33. The first-order chi connectivity index (χ1) is 13.7. The lowest BCUT2D eigenvalue weighted by Gasteiger charge is -2.12. The molecule has 7 nitrogen and oxygen atoms in total. The lowest BCUT2D eigenvalue weighted by Crippen LogP contribution is -1.98. The maximum atomic E-state index is 9.60. The van der Waals surface area contributed by atoms with Crippen molar-refractivity contribution in [1.29, 1.82) is 5.26 Å². The maximum absolute atomic E-state index is 9.60. The van der Waals surface area contributed by atoms with E-state index >= 15 is 0 Å². The Morgan fingerprint density at radius 1 is 1.11 bits per heavy atom. The second kappa shape index (κ2) is 6.21. The summed E-state index contributed by atoms with van der Waals surface area (Å²) in [6.07, 6.45) is 1.29. The van der Waals surface area contributed by atoms with Crippen LogP contribution < -0.4 is 4.74 Å². The van der Waals surface area contributed by atoms with Crippen LogP contribution in [0, 0.1) is 18.3 Å². The van der Waals surface area contributed by atoms with E-state index in [0.717, 1.165) is 22.2 Å². The lowest BCUT2D eigenvalue weighted by atomic mass is 10.1. The number of fused-ring (bicyclic) bond motifs is 3. The molecule has 7 heteroatoms. The average molecular weight is 367 g/mol. The third-order valence-electron chi connectivity index (χ3n) is 4.51. The second-order valence-corrected chi connectivity index (χ2v) is 6.29. The molecule has 0 radical (unpaired) electrons. The minimum absolute atomic E-state index is 0.416. The van der Waals surface area contributed by atoms with Gasteiger partial charge in [-0.3, -0.25) is 4.40 Å². The molecule has 0 aliphatic carbocycles. The van der Waals surface area contributed by atoms with E-state index in [9.17, 15) is 5.26 Å². The fourth-order valence-electron chi connectivity index (χ4n) is 3.24. The van der Waals surface area contributed by atoms with E-state index in [2.05, 4.69) is 21.3 Å². The number of nitrogens with zero attached hydrogens (tertiary/aromatic N) is 5. The molecule has 0 aliphatic rings. The summed E-state index contributed by atoms with van der Waals surface area (Å²) in [7, 11) is 0. The Balaban J connectivity index is 1.70. The van der Waals surface area contributed by atoms with E-state index < -0.39 is 0 Å². The van der Waals surface area contributed by atoms with Gasteiger partial charge in [-0.05, 0) is 42.8 Å². The Bertz CT molecular complexity index is 1360. The van der Waals surface area contributed by atoms with Crippen molar-refractivity contribution in [2.75, 3.05) is 0 Å². The van der Waals surface area contributed by atoms with Crippen molar-refractivity contribution in [2.24, 2.45) is 0 Å². The molecule has 0 saturated heterocycles. The summed E-state index contributed by atoms with van der Waals surface area (Å²) in [5, 5.41) is 17.2. The van der Waals surface area contributed by atoms with Gasteiger partial charge in [-0.2, -0.15) is 5.26 Å². The van der Waals surface area contributed by atoms with Crippen LogP contribution in [0.5, 0.6) is 11.6 Å². The topological polar surface area (TPSA) is 89.2 Å². The van der Waals surface area contributed by atoms with Crippen LogP contribution >= 0.6 is 0 Å². The van der Waals surface area contributed by atoms with Crippen LogP contribution in [0.1, 0.15) is 11.1 Å². The van der Waals surface area contributed by atoms with Crippen LogP contribution in [0.3, 0.4) is 0 Å². The molecule has 5 rings (SSSR count). The highest BCUT2D eigenvalue weighted by Gasteiger charge is 2.16. The Hall–Kier alpha value is -4.18. The number of para-hydroxylation sites is 2. The molecule has 3 heterocycles. The summed E-state index contributed by atoms with van der Waals surface area (Å²) in [4.78, 5) is 4.63. The van der Waals surface area contributed by atoms with E-state index in [0.29, 0.717) is 28.7 Å². The summed E-state index contributed by atoms with van der Waals surface area (Å²) in [6.45, 7) is 1.87. The number of ether oxygens (including phenoxy) is 1. The van der Waals surface area contributed by atoms with Crippen molar-refractivity contribution in [3.63, 3.8) is 0 Å². The number of imidazole rings is 1. The maximum Gasteiger partial charge on any atom is 0.247 e. The summed E-state index contributed by atoms with van der Waals surface area (Å²) < 4.78 is 13.3. The Morgan fingerprint density at radius 3 is 2.82 bits per heavy atom. The zero-order valence-electron chi connectivity index (χ0n) is 14.8. The largest absolute Gasteiger partial charge is 0.440 e. The van der Waals surface area contributed by atoms with Gasteiger partial charge in [0.05, 0.1) is 16.6 Å². The quantitative estimate of drug-likeness (QED) is 0.466. The number of nitriles is 1. The summed E-state index contributed by atoms with van der Waals surface area (Å²) >= 11 is 0. The summed E-state index contributed by atoms with van der Waals surface area (Å²) in [6, 6.07) is 19.2. The number of aromatic nitrogens is 4. The SMILES string of the molecule is Cc1cc(Oc2cccc(-c3nnco3)c2)n2c(nc3ccccc32)c1C#N. The predicted molar refractivity (Wildman–Crippen MR) is 102 cm³/mol. The van der Waals surface area contributed by atoms with Crippen LogP contribution in [0.4, 0.5) is 0 Å². The summed E-state index contributed by atoms with van der Waals surface area (Å²) in [5.74, 6) is 1.60. The van der Waals surface area contributed by atoms with Crippen molar-refractivity contribution < 1.29 is 9.15 Å². The Morgan fingerprint density at radius 2 is 2.00 bits per heavy atom. The molecule has 3 aromatic heterocycles. The first-order valence-electron chi connectivity index (χ1n) is 8.60. The molecule has 28 heavy (non-hydrogen) atoms. The van der Waals surface area contributed by atoms with Gasteiger partial charge in [0.1, 0.15) is 11.8 Å². The van der Waals surface area contributed by atoms with Crippen molar-refractivity contribution in [2.45, 2.75) is 6.92 Å². The number of rotatable bonds is 3. The normalized spacial score (nSPS) is 11.0. The minimum Gasteiger partial charge on any atom is -0.440 e. The smallest absolute Gasteiger partial charge is 0.247 e. The first kappa shape index (κ1) is 16.0. The Labute approximate surface area is 159 Å². The van der Waals surface area contributed by atoms with E-state index in [1.165, 1.54) is 6.39 Å². The van der Waals surface area contributed by atoms with Gasteiger partial charge in [0, 0.05) is 11.6 Å². The molecule has 0 amide bonds. The Kier molecular flexibility index (Phi) is 3.56. The number of hydrogen-bond donors (Lipinski definition) is 0. The molecule has 0 aliphatic heterocycles. The molecule has 0 N–H and O–H groups in total. The molecular formula is C21H13N5O2. The van der Waals surface area contributed by atoms with Gasteiger partial charge in [-0.15, -0.1) is 10.2 Å². The number of benzene rings is 2. The zero-order chi connectivity index (χ0) is 19.1. The highest BCUT2D eigenvalue weighted by molar-refractivity contribution is 5.83. The van der Waals surface area contributed by atoms with Crippen LogP contribution in [0.15, 0.2) is 65.4 Å². The van der Waals surface area contributed by atoms with Crippen molar-refractivity contribution in [3.05, 3.63) is 72.1 Å². The van der Waals surface area contributed by atoms with Crippen molar-refractivity contribution in [1.82, 2.24) is 19.6 Å². The lowest BCUT2D eigenvalue weighted by molar-refractivity contribution is 0.457. The number of aryl methyl sites for hydroxylation is 1. The van der Waals surface area contributed by atoms with Gasteiger partial charge < -0.3 is 9.15 Å². The van der Waals surface area contributed by atoms with Crippen molar-refractivity contribution >= 4 is 16.7 Å². The van der Waals surface area contributed by atoms with Crippen LogP contribution in [-0.2, 0) is 0 Å². The highest BCUT2D eigenvalue weighted by Crippen LogP contribution is 2.32. The number of pyridine rings is 1. The monoisotopic (exact) mass is 367 g/mol.